The van der Waals surface area contributed by atoms with Gasteiger partial charge in [-0.05, 0) is 32.8 Å². The summed E-state index contributed by atoms with van der Waals surface area (Å²) >= 11 is 0. The summed E-state index contributed by atoms with van der Waals surface area (Å²) in [6, 6.07) is 2.13. The lowest BCUT2D eigenvalue weighted by molar-refractivity contribution is -0.0361. The number of pyridine rings is 1. The van der Waals surface area contributed by atoms with Crippen molar-refractivity contribution in [2.45, 2.75) is 57.5 Å². The number of carbonyl (C=O) groups is 1. The van der Waals surface area contributed by atoms with Crippen LogP contribution in [0.3, 0.4) is 0 Å². The van der Waals surface area contributed by atoms with Gasteiger partial charge in [-0.15, -0.1) is 0 Å². The van der Waals surface area contributed by atoms with E-state index < -0.39 is 0 Å². The van der Waals surface area contributed by atoms with Gasteiger partial charge in [-0.25, -0.2) is 9.67 Å². The summed E-state index contributed by atoms with van der Waals surface area (Å²) in [6.07, 6.45) is 9.50. The van der Waals surface area contributed by atoms with E-state index in [1.807, 2.05) is 10.7 Å². The normalized spacial score (nSPS) is 20.5. The van der Waals surface area contributed by atoms with E-state index >= 15 is 0 Å². The maximum absolute atomic E-state index is 12.9. The van der Waals surface area contributed by atoms with Crippen LogP contribution in [0.1, 0.15) is 62.4 Å². The molecule has 0 spiro atoms. The van der Waals surface area contributed by atoms with Gasteiger partial charge in [0.05, 0.1) is 25.0 Å². The van der Waals surface area contributed by atoms with E-state index in [9.17, 15) is 4.79 Å². The van der Waals surface area contributed by atoms with Crippen LogP contribution in [0.15, 0.2) is 18.5 Å². The van der Waals surface area contributed by atoms with Gasteiger partial charge < -0.3 is 10.1 Å². The van der Waals surface area contributed by atoms with Crippen molar-refractivity contribution in [2.75, 3.05) is 32.8 Å². The molecular weight excluding hydrogens is 354 g/mol. The van der Waals surface area contributed by atoms with Crippen molar-refractivity contribution >= 4 is 16.9 Å². The van der Waals surface area contributed by atoms with E-state index in [4.69, 9.17) is 4.74 Å². The van der Waals surface area contributed by atoms with E-state index in [2.05, 4.69) is 34.1 Å². The van der Waals surface area contributed by atoms with Gasteiger partial charge in [0.1, 0.15) is 0 Å². The molecule has 1 aliphatic carbocycles. The number of aromatic nitrogens is 3. The molecule has 4 rings (SSSR count). The van der Waals surface area contributed by atoms with Crippen LogP contribution in [0.2, 0.25) is 0 Å². The zero-order chi connectivity index (χ0) is 19.6. The molecule has 0 aromatic carbocycles. The second kappa shape index (κ2) is 8.17. The fourth-order valence-electron chi connectivity index (χ4n) is 4.64. The number of hydrogen-bond donors (Lipinski definition) is 1. The standard InChI is InChI=1S/C21H31N5O2/c1-16(2)26-19-17(14-24-26)12-18(13-22-19)20(27)23-15-21(6-4-3-5-7-21)25-8-10-28-11-9-25/h12-14,16H,3-11,15H2,1-2H3,(H,23,27). The van der Waals surface area contributed by atoms with Crippen molar-refractivity contribution in [2.24, 2.45) is 0 Å². The molecule has 7 heteroatoms. The Morgan fingerprint density at radius 1 is 1.21 bits per heavy atom. The molecule has 0 radical (unpaired) electrons. The topological polar surface area (TPSA) is 72.3 Å². The highest BCUT2D eigenvalue weighted by Gasteiger charge is 2.38. The summed E-state index contributed by atoms with van der Waals surface area (Å²) in [5.41, 5.74) is 1.49. The molecule has 1 saturated heterocycles. The van der Waals surface area contributed by atoms with Crippen LogP contribution in [0.25, 0.3) is 11.0 Å². The third kappa shape index (κ3) is 3.78. The highest BCUT2D eigenvalue weighted by molar-refractivity contribution is 5.96. The molecule has 7 nitrogen and oxygen atoms in total. The SMILES string of the molecule is CC(C)n1ncc2cc(C(=O)NCC3(N4CCOCC4)CCCCC3)cnc21. The van der Waals surface area contributed by atoms with Crippen LogP contribution in [0.4, 0.5) is 0 Å². The van der Waals surface area contributed by atoms with E-state index in [0.717, 1.165) is 50.2 Å². The summed E-state index contributed by atoms with van der Waals surface area (Å²) in [5, 5.41) is 8.51. The van der Waals surface area contributed by atoms with Gasteiger partial charge in [-0.2, -0.15) is 5.10 Å². The van der Waals surface area contributed by atoms with Crippen LogP contribution >= 0.6 is 0 Å². The monoisotopic (exact) mass is 385 g/mol. The molecule has 3 heterocycles. The Labute approximate surface area is 166 Å². The van der Waals surface area contributed by atoms with Gasteiger partial charge in [-0.1, -0.05) is 19.3 Å². The molecule has 2 aliphatic rings. The molecular formula is C21H31N5O2. The van der Waals surface area contributed by atoms with Gasteiger partial charge in [0.2, 0.25) is 0 Å². The van der Waals surface area contributed by atoms with Crippen molar-refractivity contribution in [3.05, 3.63) is 24.0 Å². The molecule has 0 atom stereocenters. The van der Waals surface area contributed by atoms with E-state index in [1.54, 1.807) is 12.4 Å². The predicted octanol–water partition coefficient (Wildman–Crippen LogP) is 2.78. The number of fused-ring (bicyclic) bond motifs is 1. The number of ether oxygens (including phenoxy) is 1. The van der Waals surface area contributed by atoms with Crippen LogP contribution < -0.4 is 5.32 Å². The van der Waals surface area contributed by atoms with Gasteiger partial charge in [0.25, 0.3) is 5.91 Å². The molecule has 0 unspecified atom stereocenters. The number of carbonyl (C=O) groups excluding carboxylic acids is 1. The van der Waals surface area contributed by atoms with Crippen molar-refractivity contribution in [1.82, 2.24) is 25.0 Å². The fourth-order valence-corrected chi connectivity index (χ4v) is 4.64. The number of nitrogens with one attached hydrogen (secondary N) is 1. The first-order valence-electron chi connectivity index (χ1n) is 10.5. The fraction of sp³-hybridized carbons (Fsp3) is 0.667. The quantitative estimate of drug-likeness (QED) is 0.857. The maximum atomic E-state index is 12.9. The second-order valence-corrected chi connectivity index (χ2v) is 8.39. The summed E-state index contributed by atoms with van der Waals surface area (Å²) in [5.74, 6) is -0.0510. The van der Waals surface area contributed by atoms with E-state index in [1.165, 1.54) is 19.3 Å². The highest BCUT2D eigenvalue weighted by atomic mass is 16.5. The molecule has 0 bridgehead atoms. The minimum Gasteiger partial charge on any atom is -0.379 e. The molecule has 28 heavy (non-hydrogen) atoms. The summed E-state index contributed by atoms with van der Waals surface area (Å²) in [7, 11) is 0. The zero-order valence-corrected chi connectivity index (χ0v) is 17.0. The Balaban J connectivity index is 1.48. The number of nitrogens with zero attached hydrogens (tertiary/aromatic N) is 4. The first-order chi connectivity index (χ1) is 13.6. The largest absolute Gasteiger partial charge is 0.379 e. The number of morpholine rings is 1. The third-order valence-electron chi connectivity index (χ3n) is 6.23. The summed E-state index contributed by atoms with van der Waals surface area (Å²) in [4.78, 5) is 19.9. The molecule has 152 valence electrons. The van der Waals surface area contributed by atoms with Crippen molar-refractivity contribution < 1.29 is 9.53 Å². The smallest absolute Gasteiger partial charge is 0.252 e. The molecule has 2 aromatic rings. The van der Waals surface area contributed by atoms with Crippen molar-refractivity contribution in [3.63, 3.8) is 0 Å². The van der Waals surface area contributed by atoms with E-state index in [0.29, 0.717) is 12.1 Å². The van der Waals surface area contributed by atoms with Crippen LogP contribution in [-0.2, 0) is 4.74 Å². The molecule has 1 saturated carbocycles. The van der Waals surface area contributed by atoms with Gasteiger partial charge in [0, 0.05) is 42.8 Å². The Morgan fingerprint density at radius 2 is 1.96 bits per heavy atom. The Kier molecular flexibility index (Phi) is 5.64. The molecule has 1 amide bonds. The highest BCUT2D eigenvalue weighted by Crippen LogP contribution is 2.34. The lowest BCUT2D eigenvalue weighted by Gasteiger charge is -2.48. The number of rotatable bonds is 5. The zero-order valence-electron chi connectivity index (χ0n) is 17.0. The third-order valence-corrected chi connectivity index (χ3v) is 6.23. The molecule has 1 N–H and O–H groups in total. The van der Waals surface area contributed by atoms with Crippen LogP contribution in [0, 0.1) is 0 Å². The number of hydrogen-bond acceptors (Lipinski definition) is 5. The van der Waals surface area contributed by atoms with Gasteiger partial charge in [-0.3, -0.25) is 9.69 Å². The minimum absolute atomic E-state index is 0.0510. The Morgan fingerprint density at radius 3 is 2.68 bits per heavy atom. The first-order valence-corrected chi connectivity index (χ1v) is 10.5. The van der Waals surface area contributed by atoms with Crippen molar-refractivity contribution in [1.29, 1.82) is 0 Å². The van der Waals surface area contributed by atoms with Crippen LogP contribution in [0.5, 0.6) is 0 Å². The molecule has 2 fully saturated rings. The second-order valence-electron chi connectivity index (χ2n) is 8.39. The average molecular weight is 386 g/mol. The summed E-state index contributed by atoms with van der Waals surface area (Å²) in [6.45, 7) is 8.32. The number of amides is 1. The summed E-state index contributed by atoms with van der Waals surface area (Å²) < 4.78 is 7.43. The average Bonchev–Trinajstić information content (AvgIpc) is 3.17. The van der Waals surface area contributed by atoms with E-state index in [-0.39, 0.29) is 17.5 Å². The Hall–Kier alpha value is -1.99. The maximum Gasteiger partial charge on any atom is 0.252 e. The van der Waals surface area contributed by atoms with Crippen LogP contribution in [-0.4, -0.2) is 64.0 Å². The minimum atomic E-state index is -0.0510. The lowest BCUT2D eigenvalue weighted by Crippen LogP contribution is -2.59. The molecule has 1 aliphatic heterocycles. The first kappa shape index (κ1) is 19.3. The van der Waals surface area contributed by atoms with Gasteiger partial charge >= 0.3 is 0 Å². The predicted molar refractivity (Wildman–Crippen MR) is 108 cm³/mol. The Bertz CT molecular complexity index is 819. The lowest BCUT2D eigenvalue weighted by atomic mass is 9.79. The van der Waals surface area contributed by atoms with Gasteiger partial charge in [0.15, 0.2) is 5.65 Å². The molecule has 2 aromatic heterocycles. The van der Waals surface area contributed by atoms with Crippen molar-refractivity contribution in [3.8, 4) is 0 Å².